The first-order valence-electron chi connectivity index (χ1n) is 5.49. The van der Waals surface area contributed by atoms with E-state index in [9.17, 15) is 0 Å². The topological polar surface area (TPSA) is 3.24 Å². The first kappa shape index (κ1) is 9.26. The fourth-order valence-corrected chi connectivity index (χ4v) is 2.87. The average Bonchev–Trinajstić information content (AvgIpc) is 2.03. The number of allylic oxidation sites excluding steroid dienone is 2. The van der Waals surface area contributed by atoms with E-state index in [4.69, 9.17) is 0 Å². The fraction of sp³-hybridized carbons (Fsp3) is 0.833. The molecule has 2 aliphatic rings. The van der Waals surface area contributed by atoms with Crippen molar-refractivity contribution in [3.63, 3.8) is 0 Å². The summed E-state index contributed by atoms with van der Waals surface area (Å²) in [6.07, 6.45) is 6.64. The molecule has 1 heterocycles. The molecule has 0 N–H and O–H groups in total. The molecule has 0 aromatic carbocycles. The van der Waals surface area contributed by atoms with Gasteiger partial charge >= 0.3 is 0 Å². The van der Waals surface area contributed by atoms with Gasteiger partial charge in [0.1, 0.15) is 0 Å². The second kappa shape index (κ2) is 3.13. The third kappa shape index (κ3) is 1.67. The molecule has 0 amide bonds. The highest BCUT2D eigenvalue weighted by Crippen LogP contribution is 2.43. The lowest BCUT2D eigenvalue weighted by atomic mass is 9.68. The first-order chi connectivity index (χ1) is 6.11. The zero-order chi connectivity index (χ0) is 9.47. The molecular weight excluding hydrogens is 158 g/mol. The molecule has 1 spiro atoms. The molecule has 74 valence electrons. The third-order valence-electron chi connectivity index (χ3n) is 3.69. The summed E-state index contributed by atoms with van der Waals surface area (Å²) in [5.41, 5.74) is 2.38. The summed E-state index contributed by atoms with van der Waals surface area (Å²) in [5, 5.41) is 0. The molecule has 2 rings (SSSR count). The van der Waals surface area contributed by atoms with Crippen LogP contribution in [0.25, 0.3) is 0 Å². The highest BCUT2D eigenvalue weighted by atomic mass is 15.2. The van der Waals surface area contributed by atoms with Gasteiger partial charge in [-0.1, -0.05) is 25.5 Å². The summed E-state index contributed by atoms with van der Waals surface area (Å²) >= 11 is 0. The minimum absolute atomic E-state index is 0.688. The smallest absolute Gasteiger partial charge is 0.00505 e. The summed E-state index contributed by atoms with van der Waals surface area (Å²) in [7, 11) is 2.23. The Morgan fingerprint density at radius 2 is 2.08 bits per heavy atom. The van der Waals surface area contributed by atoms with E-state index in [0.717, 1.165) is 5.92 Å². The maximum Gasteiger partial charge on any atom is 0.00505 e. The Kier molecular flexibility index (Phi) is 2.23. The predicted octanol–water partition coefficient (Wildman–Crippen LogP) is 2.68. The monoisotopic (exact) mass is 179 g/mol. The van der Waals surface area contributed by atoms with Crippen molar-refractivity contribution in [2.75, 3.05) is 20.1 Å². The highest BCUT2D eigenvalue weighted by Gasteiger charge is 2.41. The Morgan fingerprint density at radius 3 is 2.46 bits per heavy atom. The molecule has 0 unspecified atom stereocenters. The average molecular weight is 179 g/mol. The van der Waals surface area contributed by atoms with Crippen LogP contribution in [-0.2, 0) is 0 Å². The van der Waals surface area contributed by atoms with Crippen LogP contribution >= 0.6 is 0 Å². The van der Waals surface area contributed by atoms with Crippen LogP contribution in [0.5, 0.6) is 0 Å². The number of nitrogens with zero attached hydrogens (tertiary/aromatic N) is 1. The third-order valence-corrected chi connectivity index (χ3v) is 3.69. The van der Waals surface area contributed by atoms with Gasteiger partial charge in [0.05, 0.1) is 0 Å². The van der Waals surface area contributed by atoms with E-state index < -0.39 is 0 Å². The molecule has 0 aromatic heterocycles. The lowest BCUT2D eigenvalue weighted by Crippen LogP contribution is -2.54. The van der Waals surface area contributed by atoms with Gasteiger partial charge in [-0.25, -0.2) is 0 Å². The minimum Gasteiger partial charge on any atom is -0.305 e. The van der Waals surface area contributed by atoms with E-state index in [1.165, 1.54) is 32.4 Å². The van der Waals surface area contributed by atoms with E-state index in [2.05, 4.69) is 31.9 Å². The number of hydrogen-bond acceptors (Lipinski definition) is 1. The van der Waals surface area contributed by atoms with Gasteiger partial charge in [-0.15, -0.1) is 0 Å². The Balaban J connectivity index is 1.96. The van der Waals surface area contributed by atoms with Crippen LogP contribution in [0.3, 0.4) is 0 Å². The molecular formula is C12H21N. The van der Waals surface area contributed by atoms with Crippen LogP contribution in [0.15, 0.2) is 11.6 Å². The van der Waals surface area contributed by atoms with Gasteiger partial charge in [-0.05, 0) is 37.6 Å². The summed E-state index contributed by atoms with van der Waals surface area (Å²) in [6.45, 7) is 7.29. The van der Waals surface area contributed by atoms with E-state index in [-0.39, 0.29) is 0 Å². The second-order valence-corrected chi connectivity index (χ2v) is 5.31. The lowest BCUT2D eigenvalue weighted by Gasteiger charge is -2.50. The van der Waals surface area contributed by atoms with E-state index in [1.54, 1.807) is 5.57 Å². The SMILES string of the molecule is CC(C)C1=CCC2(CC1)CN(C)C2. The molecule has 0 aromatic rings. The van der Waals surface area contributed by atoms with Gasteiger partial charge in [0.15, 0.2) is 0 Å². The van der Waals surface area contributed by atoms with E-state index in [0.29, 0.717) is 5.41 Å². The molecule has 1 saturated heterocycles. The Morgan fingerprint density at radius 1 is 1.38 bits per heavy atom. The van der Waals surface area contributed by atoms with E-state index in [1.807, 2.05) is 0 Å². The molecule has 0 atom stereocenters. The van der Waals surface area contributed by atoms with Crippen LogP contribution in [0, 0.1) is 11.3 Å². The van der Waals surface area contributed by atoms with E-state index >= 15 is 0 Å². The fourth-order valence-electron chi connectivity index (χ4n) is 2.87. The highest BCUT2D eigenvalue weighted by molar-refractivity contribution is 5.14. The first-order valence-corrected chi connectivity index (χ1v) is 5.49. The molecule has 0 radical (unpaired) electrons. The van der Waals surface area contributed by atoms with Crippen molar-refractivity contribution in [1.29, 1.82) is 0 Å². The number of rotatable bonds is 1. The van der Waals surface area contributed by atoms with Gasteiger partial charge in [-0.2, -0.15) is 0 Å². The summed E-state index contributed by atoms with van der Waals surface area (Å²) < 4.78 is 0. The molecule has 1 nitrogen and oxygen atoms in total. The maximum atomic E-state index is 2.52. The van der Waals surface area contributed by atoms with Crippen molar-refractivity contribution in [3.8, 4) is 0 Å². The number of likely N-dealkylation sites (tertiary alicyclic amines) is 1. The van der Waals surface area contributed by atoms with Gasteiger partial charge in [-0.3, -0.25) is 0 Å². The van der Waals surface area contributed by atoms with Crippen LogP contribution < -0.4 is 0 Å². The molecule has 1 heteroatoms. The predicted molar refractivity (Wildman–Crippen MR) is 56.7 cm³/mol. The largest absolute Gasteiger partial charge is 0.305 e. The van der Waals surface area contributed by atoms with Crippen molar-refractivity contribution in [2.24, 2.45) is 11.3 Å². The van der Waals surface area contributed by atoms with Gasteiger partial charge in [0, 0.05) is 13.1 Å². The maximum absolute atomic E-state index is 2.52. The summed E-state index contributed by atoms with van der Waals surface area (Å²) in [6, 6.07) is 0. The Labute approximate surface area is 81.8 Å². The Bertz CT molecular complexity index is 221. The second-order valence-electron chi connectivity index (χ2n) is 5.31. The van der Waals surface area contributed by atoms with Crippen LogP contribution in [-0.4, -0.2) is 25.0 Å². The van der Waals surface area contributed by atoms with Crippen LogP contribution in [0.4, 0.5) is 0 Å². The van der Waals surface area contributed by atoms with Crippen molar-refractivity contribution in [2.45, 2.75) is 33.1 Å². The van der Waals surface area contributed by atoms with Crippen molar-refractivity contribution in [3.05, 3.63) is 11.6 Å². The molecule has 1 aliphatic heterocycles. The molecule has 0 bridgehead atoms. The van der Waals surface area contributed by atoms with Gasteiger partial charge < -0.3 is 4.90 Å². The zero-order valence-corrected chi connectivity index (χ0v) is 9.14. The normalized spacial score (nSPS) is 27.5. The van der Waals surface area contributed by atoms with Crippen molar-refractivity contribution >= 4 is 0 Å². The van der Waals surface area contributed by atoms with Crippen LogP contribution in [0.2, 0.25) is 0 Å². The van der Waals surface area contributed by atoms with Gasteiger partial charge in [0.2, 0.25) is 0 Å². The van der Waals surface area contributed by atoms with Crippen LogP contribution in [0.1, 0.15) is 33.1 Å². The minimum atomic E-state index is 0.688. The standard InChI is InChI=1S/C12H21N/c1-10(2)11-4-6-12(7-5-11)8-13(3)9-12/h4,10H,5-9H2,1-3H3. The van der Waals surface area contributed by atoms with Crippen molar-refractivity contribution < 1.29 is 0 Å². The molecule has 1 aliphatic carbocycles. The quantitative estimate of drug-likeness (QED) is 0.559. The number of hydrogen-bond donors (Lipinski definition) is 0. The van der Waals surface area contributed by atoms with Gasteiger partial charge in [0.25, 0.3) is 0 Å². The van der Waals surface area contributed by atoms with Crippen molar-refractivity contribution in [1.82, 2.24) is 4.90 Å². The summed E-state index contributed by atoms with van der Waals surface area (Å²) in [4.78, 5) is 2.44. The Hall–Kier alpha value is -0.300. The summed E-state index contributed by atoms with van der Waals surface area (Å²) in [5.74, 6) is 0.773. The zero-order valence-electron chi connectivity index (χ0n) is 9.14. The molecule has 13 heavy (non-hydrogen) atoms. The lowest BCUT2D eigenvalue weighted by molar-refractivity contribution is 0.0126. The molecule has 0 saturated carbocycles. The molecule has 1 fully saturated rings.